The van der Waals surface area contributed by atoms with Crippen LogP contribution in [0.15, 0.2) is 79.0 Å². The van der Waals surface area contributed by atoms with Gasteiger partial charge in [0.2, 0.25) is 5.91 Å². The zero-order valence-corrected chi connectivity index (χ0v) is 22.0. The minimum atomic E-state index is -0.233. The number of nitrogens with zero attached hydrogens (tertiary/aromatic N) is 1. The quantitative estimate of drug-likeness (QED) is 0.277. The van der Waals surface area contributed by atoms with Crippen molar-refractivity contribution >= 4 is 16.8 Å². The summed E-state index contributed by atoms with van der Waals surface area (Å²) in [7, 11) is 0. The first-order chi connectivity index (χ1) is 17.1. The van der Waals surface area contributed by atoms with Gasteiger partial charge in [0.25, 0.3) is 0 Å². The van der Waals surface area contributed by atoms with E-state index in [9.17, 15) is 9.18 Å². The van der Waals surface area contributed by atoms with E-state index in [1.165, 1.54) is 17.7 Å². The fourth-order valence-corrected chi connectivity index (χ4v) is 4.67. The Hall–Kier alpha value is -3.40. The van der Waals surface area contributed by atoms with E-state index in [4.69, 9.17) is 0 Å². The molecule has 1 heterocycles. The summed E-state index contributed by atoms with van der Waals surface area (Å²) in [6, 6.07) is 23.7. The van der Waals surface area contributed by atoms with E-state index in [0.717, 1.165) is 27.6 Å². The van der Waals surface area contributed by atoms with Crippen molar-refractivity contribution in [3.8, 4) is 0 Å². The summed E-state index contributed by atoms with van der Waals surface area (Å²) in [6.07, 6.45) is 2.55. The van der Waals surface area contributed by atoms with Crippen LogP contribution < -0.4 is 5.32 Å². The number of carbonyl (C=O) groups excluding carboxylic acids is 1. The Morgan fingerprint density at radius 2 is 1.61 bits per heavy atom. The molecule has 0 radical (unpaired) electrons. The van der Waals surface area contributed by atoms with Crippen molar-refractivity contribution in [1.29, 1.82) is 0 Å². The van der Waals surface area contributed by atoms with Crippen molar-refractivity contribution in [2.75, 3.05) is 6.54 Å². The van der Waals surface area contributed by atoms with Crippen LogP contribution >= 0.6 is 0 Å². The first-order valence-corrected chi connectivity index (χ1v) is 12.8. The number of nitrogens with one attached hydrogen (secondary N) is 1. The number of hydrogen-bond donors (Lipinski definition) is 1. The van der Waals surface area contributed by atoms with Gasteiger partial charge in [0.05, 0.1) is 0 Å². The predicted molar refractivity (Wildman–Crippen MR) is 147 cm³/mol. The molecule has 0 saturated heterocycles. The van der Waals surface area contributed by atoms with Crippen molar-refractivity contribution in [3.63, 3.8) is 0 Å². The molecule has 0 aliphatic heterocycles. The lowest BCUT2D eigenvalue weighted by Gasteiger charge is -2.22. The summed E-state index contributed by atoms with van der Waals surface area (Å²) in [4.78, 5) is 13.0. The maximum Gasteiger partial charge on any atom is 0.220 e. The van der Waals surface area contributed by atoms with Crippen LogP contribution in [-0.2, 0) is 16.8 Å². The second-order valence-electron chi connectivity index (χ2n) is 11.2. The van der Waals surface area contributed by atoms with Gasteiger partial charge < -0.3 is 9.88 Å². The van der Waals surface area contributed by atoms with Crippen LogP contribution in [0.25, 0.3) is 10.9 Å². The van der Waals surface area contributed by atoms with Crippen LogP contribution in [0, 0.1) is 11.7 Å². The van der Waals surface area contributed by atoms with Gasteiger partial charge in [-0.3, -0.25) is 4.79 Å². The molecular weight excluding hydrogens is 447 g/mol. The van der Waals surface area contributed by atoms with Crippen molar-refractivity contribution in [2.24, 2.45) is 5.92 Å². The molecule has 0 aliphatic rings. The second-order valence-corrected chi connectivity index (χ2v) is 11.2. The number of aromatic nitrogens is 1. The summed E-state index contributed by atoms with van der Waals surface area (Å²) >= 11 is 0. The summed E-state index contributed by atoms with van der Waals surface area (Å²) in [5, 5.41) is 4.25. The molecule has 4 aromatic rings. The summed E-state index contributed by atoms with van der Waals surface area (Å²) in [5.41, 5.74) is 5.74. The molecule has 0 saturated carbocycles. The van der Waals surface area contributed by atoms with E-state index < -0.39 is 0 Å². The van der Waals surface area contributed by atoms with Crippen molar-refractivity contribution in [1.82, 2.24) is 9.88 Å². The molecule has 0 fully saturated rings. The molecular formula is C32H37FN2O. The fourth-order valence-electron chi connectivity index (χ4n) is 4.67. The van der Waals surface area contributed by atoms with Crippen LogP contribution in [0.4, 0.5) is 4.39 Å². The molecule has 1 N–H and O–H groups in total. The van der Waals surface area contributed by atoms with Crippen molar-refractivity contribution < 1.29 is 9.18 Å². The van der Waals surface area contributed by atoms with Crippen LogP contribution in [0.1, 0.15) is 69.2 Å². The van der Waals surface area contributed by atoms with E-state index in [0.29, 0.717) is 25.4 Å². The standard InChI is InChI=1S/C32H37FN2O/c1-22(2)19-34-31(36)18-28(24-12-14-25(15-13-24)32(3,4)5)29-21-35(30-9-7-6-8-27(29)30)20-23-10-16-26(33)17-11-23/h6-17,21-22,28H,18-20H2,1-5H3,(H,34,36). The van der Waals surface area contributed by atoms with E-state index >= 15 is 0 Å². The van der Waals surface area contributed by atoms with E-state index in [1.807, 2.05) is 24.3 Å². The average Bonchev–Trinajstić information content (AvgIpc) is 3.20. The van der Waals surface area contributed by atoms with Crippen LogP contribution in [0.2, 0.25) is 0 Å². The molecule has 188 valence electrons. The summed E-state index contributed by atoms with van der Waals surface area (Å²) in [6.45, 7) is 12.1. The van der Waals surface area contributed by atoms with E-state index in [-0.39, 0.29) is 23.1 Å². The van der Waals surface area contributed by atoms with Crippen LogP contribution in [0.3, 0.4) is 0 Å². The van der Waals surface area contributed by atoms with Gasteiger partial charge in [0.1, 0.15) is 5.82 Å². The molecule has 1 unspecified atom stereocenters. The molecule has 0 bridgehead atoms. The Labute approximate surface area is 214 Å². The first-order valence-electron chi connectivity index (χ1n) is 12.8. The van der Waals surface area contributed by atoms with Gasteiger partial charge in [-0.1, -0.05) is 89.2 Å². The first kappa shape index (κ1) is 25.7. The molecule has 3 nitrogen and oxygen atoms in total. The number of amides is 1. The van der Waals surface area contributed by atoms with Crippen LogP contribution in [0.5, 0.6) is 0 Å². The minimum Gasteiger partial charge on any atom is -0.356 e. The highest BCUT2D eigenvalue weighted by Gasteiger charge is 2.24. The van der Waals surface area contributed by atoms with E-state index in [2.05, 4.69) is 87.1 Å². The third kappa shape index (κ3) is 6.04. The number of rotatable bonds is 8. The largest absolute Gasteiger partial charge is 0.356 e. The smallest absolute Gasteiger partial charge is 0.220 e. The highest BCUT2D eigenvalue weighted by molar-refractivity contribution is 5.86. The van der Waals surface area contributed by atoms with Gasteiger partial charge in [-0.15, -0.1) is 0 Å². The summed E-state index contributed by atoms with van der Waals surface area (Å²) in [5.74, 6) is 0.147. The second kappa shape index (κ2) is 10.7. The molecule has 36 heavy (non-hydrogen) atoms. The maximum absolute atomic E-state index is 13.5. The molecule has 4 heteroatoms. The topological polar surface area (TPSA) is 34.0 Å². The Kier molecular flexibility index (Phi) is 7.63. The monoisotopic (exact) mass is 484 g/mol. The SMILES string of the molecule is CC(C)CNC(=O)CC(c1ccc(C(C)(C)C)cc1)c1cn(Cc2ccc(F)cc2)c2ccccc12. The van der Waals surface area contributed by atoms with Gasteiger partial charge >= 0.3 is 0 Å². The molecule has 1 amide bonds. The lowest BCUT2D eigenvalue weighted by Crippen LogP contribution is -2.28. The molecule has 0 spiro atoms. The van der Waals surface area contributed by atoms with Crippen molar-refractivity contribution in [3.05, 3.63) is 107 Å². The number of carbonyl (C=O) groups is 1. The molecule has 4 rings (SSSR count). The Bertz CT molecular complexity index is 1310. The number of benzene rings is 3. The third-order valence-electron chi connectivity index (χ3n) is 6.74. The highest BCUT2D eigenvalue weighted by Crippen LogP contribution is 2.36. The highest BCUT2D eigenvalue weighted by atomic mass is 19.1. The number of fused-ring (bicyclic) bond motifs is 1. The number of hydrogen-bond acceptors (Lipinski definition) is 1. The lowest BCUT2D eigenvalue weighted by atomic mass is 9.83. The Morgan fingerprint density at radius 3 is 2.25 bits per heavy atom. The van der Waals surface area contributed by atoms with Crippen LogP contribution in [-0.4, -0.2) is 17.0 Å². The third-order valence-corrected chi connectivity index (χ3v) is 6.74. The lowest BCUT2D eigenvalue weighted by molar-refractivity contribution is -0.121. The molecule has 1 aromatic heterocycles. The Balaban J connectivity index is 1.76. The van der Waals surface area contributed by atoms with Crippen molar-refractivity contribution in [2.45, 2.75) is 58.9 Å². The van der Waals surface area contributed by atoms with Gasteiger partial charge in [0, 0.05) is 42.5 Å². The normalized spacial score (nSPS) is 12.8. The number of halogens is 1. The predicted octanol–water partition coefficient (Wildman–Crippen LogP) is 7.42. The Morgan fingerprint density at radius 1 is 0.944 bits per heavy atom. The van der Waals surface area contributed by atoms with Gasteiger partial charge in [-0.05, 0) is 51.8 Å². The number of para-hydroxylation sites is 1. The van der Waals surface area contributed by atoms with Gasteiger partial charge in [0.15, 0.2) is 0 Å². The summed E-state index contributed by atoms with van der Waals surface area (Å²) < 4.78 is 15.7. The zero-order valence-electron chi connectivity index (χ0n) is 22.0. The molecule has 1 atom stereocenters. The average molecular weight is 485 g/mol. The van der Waals surface area contributed by atoms with E-state index in [1.54, 1.807) is 0 Å². The maximum atomic E-state index is 13.5. The molecule has 3 aromatic carbocycles. The minimum absolute atomic E-state index is 0.0592. The molecule has 0 aliphatic carbocycles. The van der Waals surface area contributed by atoms with Gasteiger partial charge in [-0.25, -0.2) is 4.39 Å². The van der Waals surface area contributed by atoms with Gasteiger partial charge in [-0.2, -0.15) is 0 Å². The zero-order chi connectivity index (χ0) is 25.9. The fraction of sp³-hybridized carbons (Fsp3) is 0.344.